The van der Waals surface area contributed by atoms with Crippen LogP contribution in [0.2, 0.25) is 0 Å². The van der Waals surface area contributed by atoms with Gasteiger partial charge in [-0.15, -0.1) is 0 Å². The van der Waals surface area contributed by atoms with E-state index in [1.165, 1.54) is 0 Å². The third-order valence-corrected chi connectivity index (χ3v) is 2.93. The van der Waals surface area contributed by atoms with E-state index in [4.69, 9.17) is 10.8 Å². The van der Waals surface area contributed by atoms with Crippen LogP contribution in [0.3, 0.4) is 0 Å². The minimum Gasteiger partial charge on any atom is -0.396 e. The number of pyridine rings is 1. The number of anilines is 1. The number of hydrogen-bond donors (Lipinski definition) is 3. The van der Waals surface area contributed by atoms with Gasteiger partial charge in [-0.05, 0) is 30.9 Å². The van der Waals surface area contributed by atoms with Gasteiger partial charge in [-0.3, -0.25) is 4.79 Å². The molecule has 1 rings (SSSR count). The number of rotatable bonds is 7. The van der Waals surface area contributed by atoms with E-state index in [1.54, 1.807) is 0 Å². The molecule has 1 aromatic rings. The fourth-order valence-corrected chi connectivity index (χ4v) is 1.70. The summed E-state index contributed by atoms with van der Waals surface area (Å²) in [5.41, 5.74) is 3.94. The fourth-order valence-electron chi connectivity index (χ4n) is 1.70. The van der Waals surface area contributed by atoms with Crippen LogP contribution in [-0.2, 0) is 6.18 Å². The van der Waals surface area contributed by atoms with Crippen molar-refractivity contribution in [2.24, 2.45) is 11.7 Å². The van der Waals surface area contributed by atoms with Gasteiger partial charge < -0.3 is 16.2 Å². The SMILES string of the molecule is CC(CO)CCCNc1nc(C(F)(F)F)ccc1C(N)=O. The fraction of sp³-hybridized carbons (Fsp3) is 0.538. The molecule has 0 fully saturated rings. The largest absolute Gasteiger partial charge is 0.433 e. The average Bonchev–Trinajstić information content (AvgIpc) is 2.41. The number of halogens is 3. The van der Waals surface area contributed by atoms with Crippen LogP contribution >= 0.6 is 0 Å². The zero-order valence-electron chi connectivity index (χ0n) is 11.6. The van der Waals surface area contributed by atoms with E-state index in [1.807, 2.05) is 6.92 Å². The molecular formula is C13H18F3N3O2. The van der Waals surface area contributed by atoms with Gasteiger partial charge in [-0.2, -0.15) is 13.2 Å². The summed E-state index contributed by atoms with van der Waals surface area (Å²) in [6.07, 6.45) is -3.26. The van der Waals surface area contributed by atoms with Crippen molar-refractivity contribution in [1.29, 1.82) is 0 Å². The predicted molar refractivity (Wildman–Crippen MR) is 71.7 cm³/mol. The van der Waals surface area contributed by atoms with Crippen molar-refractivity contribution in [3.8, 4) is 0 Å². The van der Waals surface area contributed by atoms with E-state index in [-0.39, 0.29) is 23.9 Å². The van der Waals surface area contributed by atoms with Crippen molar-refractivity contribution >= 4 is 11.7 Å². The molecule has 0 aliphatic carbocycles. The predicted octanol–water partition coefficient (Wildman–Crippen LogP) is 2.02. The Morgan fingerprint density at radius 1 is 1.48 bits per heavy atom. The lowest BCUT2D eigenvalue weighted by Crippen LogP contribution is -2.19. The molecular weight excluding hydrogens is 287 g/mol. The number of nitrogens with zero attached hydrogens (tertiary/aromatic N) is 1. The van der Waals surface area contributed by atoms with E-state index in [0.717, 1.165) is 12.1 Å². The Labute approximate surface area is 120 Å². The molecule has 0 radical (unpaired) electrons. The summed E-state index contributed by atoms with van der Waals surface area (Å²) in [6, 6.07) is 1.73. The first-order valence-electron chi connectivity index (χ1n) is 6.48. The molecule has 21 heavy (non-hydrogen) atoms. The Bertz CT molecular complexity index is 492. The normalized spacial score (nSPS) is 13.0. The Kier molecular flexibility index (Phi) is 5.95. The standard InChI is InChI=1S/C13H18F3N3O2/c1-8(7-20)3-2-6-18-12-9(11(17)21)4-5-10(19-12)13(14,15)16/h4-5,8,20H,2-3,6-7H2,1H3,(H2,17,21)(H,18,19). The summed E-state index contributed by atoms with van der Waals surface area (Å²) in [5, 5.41) is 11.6. The second kappa shape index (κ2) is 7.26. The molecule has 0 aliphatic rings. The molecule has 0 saturated carbocycles. The molecule has 1 atom stereocenters. The second-order valence-electron chi connectivity index (χ2n) is 4.81. The van der Waals surface area contributed by atoms with Gasteiger partial charge in [0.2, 0.25) is 0 Å². The van der Waals surface area contributed by atoms with Crippen molar-refractivity contribution in [1.82, 2.24) is 4.98 Å². The lowest BCUT2D eigenvalue weighted by molar-refractivity contribution is -0.141. The molecule has 5 nitrogen and oxygen atoms in total. The van der Waals surface area contributed by atoms with Crippen molar-refractivity contribution in [2.45, 2.75) is 25.9 Å². The molecule has 1 aromatic heterocycles. The highest BCUT2D eigenvalue weighted by Gasteiger charge is 2.33. The summed E-state index contributed by atoms with van der Waals surface area (Å²) in [4.78, 5) is 14.6. The van der Waals surface area contributed by atoms with Gasteiger partial charge in [0.25, 0.3) is 5.91 Å². The number of nitrogens with one attached hydrogen (secondary N) is 1. The number of hydrogen-bond acceptors (Lipinski definition) is 4. The minimum atomic E-state index is -4.59. The number of carbonyl (C=O) groups excluding carboxylic acids is 1. The van der Waals surface area contributed by atoms with Crippen LogP contribution in [0.25, 0.3) is 0 Å². The van der Waals surface area contributed by atoms with Gasteiger partial charge in [0.1, 0.15) is 11.5 Å². The molecule has 4 N–H and O–H groups in total. The zero-order valence-corrected chi connectivity index (χ0v) is 11.6. The highest BCUT2D eigenvalue weighted by Crippen LogP contribution is 2.29. The summed E-state index contributed by atoms with van der Waals surface area (Å²) < 4.78 is 37.8. The lowest BCUT2D eigenvalue weighted by Gasteiger charge is -2.13. The molecule has 0 aromatic carbocycles. The summed E-state index contributed by atoms with van der Waals surface area (Å²) >= 11 is 0. The number of primary amides is 1. The van der Waals surface area contributed by atoms with Gasteiger partial charge in [-0.1, -0.05) is 6.92 Å². The number of aliphatic hydroxyl groups is 1. The van der Waals surface area contributed by atoms with Crippen molar-refractivity contribution in [2.75, 3.05) is 18.5 Å². The number of carbonyl (C=O) groups is 1. The first kappa shape index (κ1) is 17.2. The van der Waals surface area contributed by atoms with Crippen LogP contribution in [0.1, 0.15) is 35.8 Å². The topological polar surface area (TPSA) is 88.2 Å². The molecule has 0 saturated heterocycles. The first-order valence-corrected chi connectivity index (χ1v) is 6.48. The molecule has 0 spiro atoms. The van der Waals surface area contributed by atoms with Gasteiger partial charge in [-0.25, -0.2) is 4.98 Å². The van der Waals surface area contributed by atoms with E-state index in [2.05, 4.69) is 10.3 Å². The molecule has 118 valence electrons. The van der Waals surface area contributed by atoms with Gasteiger partial charge >= 0.3 is 6.18 Å². The Morgan fingerprint density at radius 2 is 2.14 bits per heavy atom. The molecule has 1 amide bonds. The molecule has 1 unspecified atom stereocenters. The van der Waals surface area contributed by atoms with Crippen molar-refractivity contribution in [3.63, 3.8) is 0 Å². The molecule has 0 aliphatic heterocycles. The first-order chi connectivity index (χ1) is 9.75. The van der Waals surface area contributed by atoms with Gasteiger partial charge in [0, 0.05) is 13.2 Å². The van der Waals surface area contributed by atoms with Gasteiger partial charge in [0.05, 0.1) is 5.56 Å². The van der Waals surface area contributed by atoms with E-state index >= 15 is 0 Å². The van der Waals surface area contributed by atoms with Crippen molar-refractivity contribution in [3.05, 3.63) is 23.4 Å². The van der Waals surface area contributed by atoms with E-state index < -0.39 is 17.8 Å². The number of aliphatic hydroxyl groups excluding tert-OH is 1. The number of amides is 1. The van der Waals surface area contributed by atoms with Crippen LogP contribution in [0.5, 0.6) is 0 Å². The van der Waals surface area contributed by atoms with Crippen LogP contribution in [0, 0.1) is 5.92 Å². The zero-order chi connectivity index (χ0) is 16.0. The lowest BCUT2D eigenvalue weighted by atomic mass is 10.1. The van der Waals surface area contributed by atoms with Crippen LogP contribution < -0.4 is 11.1 Å². The van der Waals surface area contributed by atoms with Crippen LogP contribution in [0.15, 0.2) is 12.1 Å². The van der Waals surface area contributed by atoms with Gasteiger partial charge in [0.15, 0.2) is 0 Å². The number of aromatic nitrogens is 1. The Morgan fingerprint density at radius 3 is 2.67 bits per heavy atom. The molecule has 0 bridgehead atoms. The number of nitrogens with two attached hydrogens (primary N) is 1. The third kappa shape index (κ3) is 5.22. The minimum absolute atomic E-state index is 0.0499. The third-order valence-electron chi connectivity index (χ3n) is 2.93. The smallest absolute Gasteiger partial charge is 0.396 e. The quantitative estimate of drug-likeness (QED) is 0.672. The van der Waals surface area contributed by atoms with Crippen molar-refractivity contribution < 1.29 is 23.1 Å². The monoisotopic (exact) mass is 305 g/mol. The highest BCUT2D eigenvalue weighted by molar-refractivity contribution is 5.97. The molecule has 8 heteroatoms. The maximum Gasteiger partial charge on any atom is 0.433 e. The second-order valence-corrected chi connectivity index (χ2v) is 4.81. The Balaban J connectivity index is 2.80. The summed E-state index contributed by atoms with van der Waals surface area (Å²) in [7, 11) is 0. The summed E-state index contributed by atoms with van der Waals surface area (Å²) in [6.45, 7) is 2.24. The summed E-state index contributed by atoms with van der Waals surface area (Å²) in [5.74, 6) is -0.909. The van der Waals surface area contributed by atoms with Crippen LogP contribution in [-0.4, -0.2) is 29.1 Å². The number of alkyl halides is 3. The highest BCUT2D eigenvalue weighted by atomic mass is 19.4. The molecule has 1 heterocycles. The average molecular weight is 305 g/mol. The maximum atomic E-state index is 12.6. The van der Waals surface area contributed by atoms with E-state index in [0.29, 0.717) is 19.4 Å². The van der Waals surface area contributed by atoms with Crippen LogP contribution in [0.4, 0.5) is 19.0 Å². The Hall–Kier alpha value is -1.83. The van der Waals surface area contributed by atoms with E-state index in [9.17, 15) is 18.0 Å². The maximum absolute atomic E-state index is 12.6.